The molecular weight excluding hydrogens is 336 g/mol. The van der Waals surface area contributed by atoms with Crippen LogP contribution in [-0.4, -0.2) is 32.3 Å². The van der Waals surface area contributed by atoms with Gasteiger partial charge >= 0.3 is 0 Å². The Morgan fingerprint density at radius 1 is 1.15 bits per heavy atom. The second-order valence-electron chi connectivity index (χ2n) is 6.16. The number of ether oxygens (including phenoxy) is 3. The molecule has 1 fully saturated rings. The molecule has 0 bridgehead atoms. The van der Waals surface area contributed by atoms with Crippen LogP contribution in [0.3, 0.4) is 0 Å². The number of carbonyl (C=O) groups excluding carboxylic acids is 2. The highest BCUT2D eigenvalue weighted by molar-refractivity contribution is 6.03. The van der Waals surface area contributed by atoms with Gasteiger partial charge in [0.05, 0.1) is 13.0 Å². The standard InChI is InChI=1S/C19H18N2O5/c1-24-15-5-2-13(3-6-15)20-19(23)12-8-18(22)21(10-12)14-4-7-16-17(9-14)26-11-25-16/h2-7,9,12H,8,10-11H2,1H3,(H,20,23). The third kappa shape index (κ3) is 3.03. The lowest BCUT2D eigenvalue weighted by atomic mass is 10.1. The van der Waals surface area contributed by atoms with Crippen molar-refractivity contribution in [1.29, 1.82) is 0 Å². The lowest BCUT2D eigenvalue weighted by molar-refractivity contribution is -0.122. The normalized spacial score (nSPS) is 18.1. The van der Waals surface area contributed by atoms with Gasteiger partial charge in [0.2, 0.25) is 18.6 Å². The number of benzene rings is 2. The summed E-state index contributed by atoms with van der Waals surface area (Å²) < 4.78 is 15.7. The molecule has 26 heavy (non-hydrogen) atoms. The van der Waals surface area contributed by atoms with E-state index in [1.54, 1.807) is 54.5 Å². The molecular formula is C19H18N2O5. The van der Waals surface area contributed by atoms with Gasteiger partial charge in [0.1, 0.15) is 5.75 Å². The minimum Gasteiger partial charge on any atom is -0.497 e. The van der Waals surface area contributed by atoms with E-state index in [9.17, 15) is 9.59 Å². The van der Waals surface area contributed by atoms with Crippen molar-refractivity contribution in [3.63, 3.8) is 0 Å². The molecule has 0 aromatic heterocycles. The topological polar surface area (TPSA) is 77.1 Å². The van der Waals surface area contributed by atoms with Crippen molar-refractivity contribution in [3.8, 4) is 17.2 Å². The Kier molecular flexibility index (Phi) is 4.12. The summed E-state index contributed by atoms with van der Waals surface area (Å²) in [5.41, 5.74) is 1.38. The lowest BCUT2D eigenvalue weighted by Crippen LogP contribution is -2.28. The summed E-state index contributed by atoms with van der Waals surface area (Å²) in [6.07, 6.45) is 0.177. The van der Waals surface area contributed by atoms with E-state index in [0.717, 1.165) is 0 Å². The van der Waals surface area contributed by atoms with E-state index in [4.69, 9.17) is 14.2 Å². The largest absolute Gasteiger partial charge is 0.497 e. The van der Waals surface area contributed by atoms with Crippen molar-refractivity contribution in [2.45, 2.75) is 6.42 Å². The van der Waals surface area contributed by atoms with E-state index in [2.05, 4.69) is 5.32 Å². The van der Waals surface area contributed by atoms with Gasteiger partial charge < -0.3 is 24.4 Å². The van der Waals surface area contributed by atoms with Gasteiger partial charge in [-0.1, -0.05) is 0 Å². The fourth-order valence-corrected chi connectivity index (χ4v) is 3.10. The van der Waals surface area contributed by atoms with Crippen molar-refractivity contribution in [2.24, 2.45) is 5.92 Å². The van der Waals surface area contributed by atoms with Gasteiger partial charge in [-0.05, 0) is 36.4 Å². The lowest BCUT2D eigenvalue weighted by Gasteiger charge is -2.17. The van der Waals surface area contributed by atoms with Crippen LogP contribution in [-0.2, 0) is 9.59 Å². The van der Waals surface area contributed by atoms with Crippen LogP contribution in [0.1, 0.15) is 6.42 Å². The zero-order valence-corrected chi connectivity index (χ0v) is 14.2. The average molecular weight is 354 g/mol. The van der Waals surface area contributed by atoms with Crippen LogP contribution in [0.25, 0.3) is 0 Å². The molecule has 2 aromatic carbocycles. The second kappa shape index (κ2) is 6.59. The predicted molar refractivity (Wildman–Crippen MR) is 94.6 cm³/mol. The van der Waals surface area contributed by atoms with Gasteiger partial charge in [0, 0.05) is 30.4 Å². The van der Waals surface area contributed by atoms with Gasteiger partial charge in [-0.3, -0.25) is 9.59 Å². The Morgan fingerprint density at radius 3 is 2.69 bits per heavy atom. The summed E-state index contributed by atoms with van der Waals surface area (Å²) >= 11 is 0. The molecule has 0 spiro atoms. The van der Waals surface area contributed by atoms with Gasteiger partial charge in [0.15, 0.2) is 11.5 Å². The van der Waals surface area contributed by atoms with E-state index in [1.165, 1.54) is 0 Å². The van der Waals surface area contributed by atoms with Crippen LogP contribution in [0.15, 0.2) is 42.5 Å². The Morgan fingerprint density at radius 2 is 1.92 bits per heavy atom. The van der Waals surface area contributed by atoms with Crippen LogP contribution in [0.4, 0.5) is 11.4 Å². The van der Waals surface area contributed by atoms with Gasteiger partial charge in [0.25, 0.3) is 0 Å². The number of hydrogen-bond acceptors (Lipinski definition) is 5. The van der Waals surface area contributed by atoms with Gasteiger partial charge in [-0.15, -0.1) is 0 Å². The molecule has 4 rings (SSSR count). The van der Waals surface area contributed by atoms with Gasteiger partial charge in [-0.2, -0.15) is 0 Å². The van der Waals surface area contributed by atoms with E-state index < -0.39 is 5.92 Å². The molecule has 1 atom stereocenters. The van der Waals surface area contributed by atoms with Crippen molar-refractivity contribution in [2.75, 3.05) is 30.7 Å². The maximum atomic E-state index is 12.5. The summed E-state index contributed by atoms with van der Waals surface area (Å²) in [5.74, 6) is 1.32. The SMILES string of the molecule is COc1ccc(NC(=O)C2CC(=O)N(c3ccc4c(c3)OCO4)C2)cc1. The highest BCUT2D eigenvalue weighted by atomic mass is 16.7. The first kappa shape index (κ1) is 16.3. The van der Waals surface area contributed by atoms with Gasteiger partial charge in [-0.25, -0.2) is 0 Å². The summed E-state index contributed by atoms with van der Waals surface area (Å²) in [6, 6.07) is 12.4. The van der Waals surface area contributed by atoms with Crippen LogP contribution >= 0.6 is 0 Å². The van der Waals surface area contributed by atoms with E-state index >= 15 is 0 Å². The van der Waals surface area contributed by atoms with E-state index in [-0.39, 0.29) is 25.0 Å². The molecule has 2 aromatic rings. The Labute approximate surface area is 150 Å². The van der Waals surface area contributed by atoms with Crippen LogP contribution in [0.5, 0.6) is 17.2 Å². The highest BCUT2D eigenvalue weighted by Crippen LogP contribution is 2.37. The first-order valence-corrected chi connectivity index (χ1v) is 8.29. The first-order chi connectivity index (χ1) is 12.6. The maximum absolute atomic E-state index is 12.5. The molecule has 1 unspecified atom stereocenters. The Hall–Kier alpha value is -3.22. The van der Waals surface area contributed by atoms with E-state index in [0.29, 0.717) is 35.2 Å². The zero-order valence-electron chi connectivity index (χ0n) is 14.2. The molecule has 0 aliphatic carbocycles. The third-order valence-electron chi connectivity index (χ3n) is 4.52. The van der Waals surface area contributed by atoms with E-state index in [1.807, 2.05) is 0 Å². The third-order valence-corrected chi connectivity index (χ3v) is 4.52. The molecule has 2 heterocycles. The van der Waals surface area contributed by atoms with Crippen molar-refractivity contribution < 1.29 is 23.8 Å². The van der Waals surface area contributed by atoms with Crippen LogP contribution in [0.2, 0.25) is 0 Å². The Balaban J connectivity index is 1.44. The molecule has 0 radical (unpaired) electrons. The number of carbonyl (C=O) groups is 2. The van der Waals surface area contributed by atoms with Crippen molar-refractivity contribution >= 4 is 23.2 Å². The monoisotopic (exact) mass is 354 g/mol. The number of nitrogens with zero attached hydrogens (tertiary/aromatic N) is 1. The average Bonchev–Trinajstić information content (AvgIpc) is 3.28. The van der Waals surface area contributed by atoms with Crippen molar-refractivity contribution in [3.05, 3.63) is 42.5 Å². The number of amides is 2. The maximum Gasteiger partial charge on any atom is 0.231 e. The minimum atomic E-state index is -0.407. The quantitative estimate of drug-likeness (QED) is 0.912. The molecule has 2 aliphatic heterocycles. The number of nitrogens with one attached hydrogen (secondary N) is 1. The smallest absolute Gasteiger partial charge is 0.231 e. The summed E-state index contributed by atoms with van der Waals surface area (Å²) in [4.78, 5) is 26.5. The minimum absolute atomic E-state index is 0.0845. The van der Waals surface area contributed by atoms with Crippen LogP contribution in [0, 0.1) is 5.92 Å². The fraction of sp³-hybridized carbons (Fsp3) is 0.263. The summed E-state index contributed by atoms with van der Waals surface area (Å²) in [5, 5.41) is 2.85. The Bertz CT molecular complexity index is 850. The fourth-order valence-electron chi connectivity index (χ4n) is 3.10. The summed E-state index contributed by atoms with van der Waals surface area (Å²) in [7, 11) is 1.59. The molecule has 1 saturated heterocycles. The number of hydrogen-bond donors (Lipinski definition) is 1. The molecule has 2 amide bonds. The molecule has 2 aliphatic rings. The molecule has 7 nitrogen and oxygen atoms in total. The first-order valence-electron chi connectivity index (χ1n) is 8.29. The molecule has 7 heteroatoms. The number of rotatable bonds is 4. The predicted octanol–water partition coefficient (Wildman–Crippen LogP) is 2.42. The number of fused-ring (bicyclic) bond motifs is 1. The molecule has 134 valence electrons. The molecule has 0 saturated carbocycles. The highest BCUT2D eigenvalue weighted by Gasteiger charge is 2.35. The number of anilines is 2. The summed E-state index contributed by atoms with van der Waals surface area (Å²) in [6.45, 7) is 0.514. The second-order valence-corrected chi connectivity index (χ2v) is 6.16. The van der Waals surface area contributed by atoms with Crippen LogP contribution < -0.4 is 24.4 Å². The molecule has 1 N–H and O–H groups in total. The number of methoxy groups -OCH3 is 1. The van der Waals surface area contributed by atoms with Crippen molar-refractivity contribution in [1.82, 2.24) is 0 Å². The zero-order chi connectivity index (χ0) is 18.1.